The maximum atomic E-state index is 12.6. The summed E-state index contributed by atoms with van der Waals surface area (Å²) in [6.07, 6.45) is 5.62. The van der Waals surface area contributed by atoms with Crippen LogP contribution in [0.1, 0.15) is 28.9 Å². The number of carbonyl (C=O) groups excluding carboxylic acids is 1. The molecule has 0 unspecified atom stereocenters. The van der Waals surface area contributed by atoms with Crippen LogP contribution in [0, 0.1) is 0 Å². The standard InChI is InChI=1S/C19H20N4O3S/c24-19(22-9-3-4-10-22)15-6-5-7-17(12-15)27(25,26)20-13-16-14-23-11-2-1-8-18(23)21-16/h1-2,5-8,11-12,14,20H,3-4,9-10,13H2. The van der Waals surface area contributed by atoms with E-state index in [-0.39, 0.29) is 17.3 Å². The molecule has 3 heterocycles. The minimum absolute atomic E-state index is 0.0777. The third kappa shape index (κ3) is 3.72. The number of sulfonamides is 1. The fourth-order valence-corrected chi connectivity index (χ4v) is 4.27. The van der Waals surface area contributed by atoms with Crippen LogP contribution in [-0.4, -0.2) is 41.7 Å². The molecule has 27 heavy (non-hydrogen) atoms. The maximum absolute atomic E-state index is 12.6. The number of hydrogen-bond acceptors (Lipinski definition) is 4. The molecule has 0 bridgehead atoms. The van der Waals surface area contributed by atoms with Crippen molar-refractivity contribution in [1.29, 1.82) is 0 Å². The molecule has 1 fully saturated rings. The monoisotopic (exact) mass is 384 g/mol. The Morgan fingerprint density at radius 3 is 2.70 bits per heavy atom. The first kappa shape index (κ1) is 17.7. The molecule has 1 N–H and O–H groups in total. The SMILES string of the molecule is O=C(c1cccc(S(=O)(=O)NCc2cn3ccccc3n2)c1)N1CCCC1. The number of nitrogens with zero attached hydrogens (tertiary/aromatic N) is 3. The van der Waals surface area contributed by atoms with Crippen molar-refractivity contribution in [1.82, 2.24) is 19.0 Å². The molecule has 0 atom stereocenters. The van der Waals surface area contributed by atoms with Crippen molar-refractivity contribution in [2.45, 2.75) is 24.3 Å². The lowest BCUT2D eigenvalue weighted by molar-refractivity contribution is 0.0792. The van der Waals surface area contributed by atoms with E-state index >= 15 is 0 Å². The van der Waals surface area contributed by atoms with Crippen LogP contribution in [0.2, 0.25) is 0 Å². The topological polar surface area (TPSA) is 83.8 Å². The first-order valence-electron chi connectivity index (χ1n) is 8.84. The number of amides is 1. The van der Waals surface area contributed by atoms with E-state index in [1.807, 2.05) is 28.8 Å². The van der Waals surface area contributed by atoms with Gasteiger partial charge in [-0.2, -0.15) is 0 Å². The molecular weight excluding hydrogens is 364 g/mol. The lowest BCUT2D eigenvalue weighted by atomic mass is 10.2. The molecule has 0 spiro atoms. The molecule has 1 aliphatic rings. The van der Waals surface area contributed by atoms with Crippen LogP contribution in [-0.2, 0) is 16.6 Å². The second kappa shape index (κ2) is 7.13. The molecule has 0 aliphatic carbocycles. The first-order chi connectivity index (χ1) is 13.0. The summed E-state index contributed by atoms with van der Waals surface area (Å²) in [6.45, 7) is 1.53. The van der Waals surface area contributed by atoms with Gasteiger partial charge in [0.2, 0.25) is 10.0 Å². The van der Waals surface area contributed by atoms with E-state index in [0.717, 1.165) is 31.6 Å². The Morgan fingerprint density at radius 1 is 1.11 bits per heavy atom. The molecule has 0 saturated carbocycles. The average Bonchev–Trinajstić information content (AvgIpc) is 3.35. The van der Waals surface area contributed by atoms with Gasteiger partial charge in [-0.25, -0.2) is 18.1 Å². The molecule has 4 rings (SSSR count). The third-order valence-corrected chi connectivity index (χ3v) is 6.04. The van der Waals surface area contributed by atoms with Crippen molar-refractivity contribution < 1.29 is 13.2 Å². The van der Waals surface area contributed by atoms with E-state index in [2.05, 4.69) is 9.71 Å². The zero-order valence-corrected chi connectivity index (χ0v) is 15.5. The molecule has 1 aliphatic heterocycles. The summed E-state index contributed by atoms with van der Waals surface area (Å²) in [6, 6.07) is 11.8. The molecule has 7 nitrogen and oxygen atoms in total. The van der Waals surface area contributed by atoms with Crippen molar-refractivity contribution in [2.75, 3.05) is 13.1 Å². The highest BCUT2D eigenvalue weighted by molar-refractivity contribution is 7.89. The largest absolute Gasteiger partial charge is 0.339 e. The number of pyridine rings is 1. The van der Waals surface area contributed by atoms with Gasteiger partial charge in [0, 0.05) is 31.0 Å². The summed E-state index contributed by atoms with van der Waals surface area (Å²) >= 11 is 0. The van der Waals surface area contributed by atoms with Crippen molar-refractivity contribution in [3.05, 3.63) is 66.1 Å². The summed E-state index contributed by atoms with van der Waals surface area (Å²) in [5.74, 6) is -0.120. The number of nitrogens with one attached hydrogen (secondary N) is 1. The van der Waals surface area contributed by atoms with Gasteiger partial charge in [-0.1, -0.05) is 12.1 Å². The molecule has 1 saturated heterocycles. The normalized spacial score (nSPS) is 14.7. The van der Waals surface area contributed by atoms with Gasteiger partial charge in [0.1, 0.15) is 5.65 Å². The zero-order chi connectivity index (χ0) is 18.9. The lowest BCUT2D eigenvalue weighted by Gasteiger charge is -2.15. The van der Waals surface area contributed by atoms with Crippen LogP contribution >= 0.6 is 0 Å². The van der Waals surface area contributed by atoms with Crippen LogP contribution in [0.25, 0.3) is 5.65 Å². The number of carbonyl (C=O) groups is 1. The summed E-state index contributed by atoms with van der Waals surface area (Å²) < 4.78 is 29.7. The Labute approximate surface area is 157 Å². The van der Waals surface area contributed by atoms with E-state index in [1.165, 1.54) is 12.1 Å². The third-order valence-electron chi connectivity index (χ3n) is 4.64. The van der Waals surface area contributed by atoms with Crippen molar-refractivity contribution in [3.63, 3.8) is 0 Å². The number of likely N-dealkylation sites (tertiary alicyclic amines) is 1. The Hall–Kier alpha value is -2.71. The van der Waals surface area contributed by atoms with E-state index in [0.29, 0.717) is 11.3 Å². The highest BCUT2D eigenvalue weighted by atomic mass is 32.2. The van der Waals surface area contributed by atoms with Gasteiger partial charge in [0.15, 0.2) is 0 Å². The van der Waals surface area contributed by atoms with E-state index in [9.17, 15) is 13.2 Å². The molecule has 3 aromatic rings. The Bertz CT molecular complexity index is 1050. The minimum atomic E-state index is -3.75. The number of imidazole rings is 1. The molecular formula is C19H20N4O3S. The van der Waals surface area contributed by atoms with Gasteiger partial charge >= 0.3 is 0 Å². The number of hydrogen-bond donors (Lipinski definition) is 1. The summed E-state index contributed by atoms with van der Waals surface area (Å²) in [7, 11) is -3.75. The van der Waals surface area contributed by atoms with E-state index < -0.39 is 10.0 Å². The van der Waals surface area contributed by atoms with E-state index in [4.69, 9.17) is 0 Å². The number of benzene rings is 1. The van der Waals surface area contributed by atoms with Gasteiger partial charge in [-0.3, -0.25) is 4.79 Å². The van der Waals surface area contributed by atoms with Crippen LogP contribution in [0.3, 0.4) is 0 Å². The van der Waals surface area contributed by atoms with Crippen LogP contribution < -0.4 is 4.72 Å². The lowest BCUT2D eigenvalue weighted by Crippen LogP contribution is -2.28. The maximum Gasteiger partial charge on any atom is 0.253 e. The van der Waals surface area contributed by atoms with Gasteiger partial charge in [0.05, 0.1) is 17.1 Å². The molecule has 1 amide bonds. The first-order valence-corrected chi connectivity index (χ1v) is 10.3. The molecule has 0 radical (unpaired) electrons. The molecule has 8 heteroatoms. The molecule has 2 aromatic heterocycles. The summed E-state index contributed by atoms with van der Waals surface area (Å²) in [5.41, 5.74) is 1.77. The van der Waals surface area contributed by atoms with Crippen molar-refractivity contribution in [2.24, 2.45) is 0 Å². The smallest absolute Gasteiger partial charge is 0.253 e. The average molecular weight is 384 g/mol. The van der Waals surface area contributed by atoms with Gasteiger partial charge in [-0.05, 0) is 43.2 Å². The second-order valence-electron chi connectivity index (χ2n) is 6.55. The van der Waals surface area contributed by atoms with Crippen molar-refractivity contribution in [3.8, 4) is 0 Å². The molecule has 1 aromatic carbocycles. The second-order valence-corrected chi connectivity index (χ2v) is 8.32. The number of rotatable bonds is 5. The summed E-state index contributed by atoms with van der Waals surface area (Å²) in [4.78, 5) is 18.7. The predicted octanol–water partition coefficient (Wildman–Crippen LogP) is 2.05. The number of fused-ring (bicyclic) bond motifs is 1. The fourth-order valence-electron chi connectivity index (χ4n) is 3.22. The van der Waals surface area contributed by atoms with Gasteiger partial charge in [-0.15, -0.1) is 0 Å². The predicted molar refractivity (Wildman–Crippen MR) is 101 cm³/mol. The summed E-state index contributed by atoms with van der Waals surface area (Å²) in [5, 5.41) is 0. The van der Waals surface area contributed by atoms with Gasteiger partial charge < -0.3 is 9.30 Å². The minimum Gasteiger partial charge on any atom is -0.339 e. The highest BCUT2D eigenvalue weighted by Crippen LogP contribution is 2.17. The fraction of sp³-hybridized carbons (Fsp3) is 0.263. The Balaban J connectivity index is 1.51. The van der Waals surface area contributed by atoms with Crippen molar-refractivity contribution >= 4 is 21.6 Å². The van der Waals surface area contributed by atoms with Crippen LogP contribution in [0.15, 0.2) is 59.8 Å². The van der Waals surface area contributed by atoms with Crippen LogP contribution in [0.4, 0.5) is 0 Å². The Kier molecular flexibility index (Phi) is 4.67. The quantitative estimate of drug-likeness (QED) is 0.730. The molecule has 140 valence electrons. The Morgan fingerprint density at radius 2 is 1.93 bits per heavy atom. The van der Waals surface area contributed by atoms with Gasteiger partial charge in [0.25, 0.3) is 5.91 Å². The number of aromatic nitrogens is 2. The zero-order valence-electron chi connectivity index (χ0n) is 14.7. The van der Waals surface area contributed by atoms with Crippen LogP contribution in [0.5, 0.6) is 0 Å². The highest BCUT2D eigenvalue weighted by Gasteiger charge is 2.22. The van der Waals surface area contributed by atoms with E-state index in [1.54, 1.807) is 23.2 Å².